The van der Waals surface area contributed by atoms with E-state index in [9.17, 15) is 0 Å². The number of rotatable bonds is 18. The van der Waals surface area contributed by atoms with Crippen LogP contribution in [0.1, 0.15) is 53.4 Å². The van der Waals surface area contributed by atoms with Gasteiger partial charge in [0.25, 0.3) is 0 Å². The van der Waals surface area contributed by atoms with Gasteiger partial charge in [0.15, 0.2) is 0 Å². The zero-order valence-electron chi connectivity index (χ0n) is 46.2. The molecule has 0 saturated heterocycles. The van der Waals surface area contributed by atoms with Crippen LogP contribution in [0.15, 0.2) is 255 Å². The van der Waals surface area contributed by atoms with Gasteiger partial charge in [-0.15, -0.1) is 215 Å². The molecular weight excluding hydrogens is 1570 g/mol. The minimum atomic E-state index is 0. The van der Waals surface area contributed by atoms with E-state index >= 15 is 0 Å². The molecular formula is C75H60N6Pt3. The second-order valence-electron chi connectivity index (χ2n) is 19.3. The van der Waals surface area contributed by atoms with E-state index < -0.39 is 0 Å². The molecule has 0 aliphatic carbocycles. The smallest absolute Gasteiger partial charge is 0.301 e. The van der Waals surface area contributed by atoms with E-state index in [1.54, 1.807) is 0 Å². The van der Waals surface area contributed by atoms with Crippen LogP contribution in [-0.4, -0.2) is 29.9 Å². The van der Waals surface area contributed by atoms with Gasteiger partial charge in [-0.3, -0.25) is 0 Å². The van der Waals surface area contributed by atoms with Gasteiger partial charge in [0, 0.05) is 34.2 Å². The number of pyridine rings is 6. The minimum absolute atomic E-state index is 0. The van der Waals surface area contributed by atoms with Crippen molar-refractivity contribution in [2.24, 2.45) is 0 Å². The van der Waals surface area contributed by atoms with Crippen LogP contribution in [0, 0.1) is 36.4 Å². The van der Waals surface area contributed by atoms with Crippen molar-refractivity contribution < 1.29 is 63.2 Å². The Bertz CT molecular complexity index is 3550. The summed E-state index contributed by atoms with van der Waals surface area (Å²) in [6.07, 6.45) is 8.75. The molecule has 0 aliphatic heterocycles. The number of unbranched alkanes of at least 4 members (excludes halogenated alkanes) is 1. The Kier molecular flexibility index (Phi) is 26.4. The Morgan fingerprint density at radius 3 is 0.571 bits per heavy atom. The number of benzene rings is 6. The topological polar surface area (TPSA) is 77.3 Å². The van der Waals surface area contributed by atoms with Crippen LogP contribution in [-0.2, 0) is 102 Å². The molecule has 420 valence electrons. The Labute approximate surface area is 539 Å². The number of hydrogen-bond donors (Lipinski definition) is 0. The predicted octanol–water partition coefficient (Wildman–Crippen LogP) is 16.8. The number of hydrogen-bond acceptors (Lipinski definition) is 6. The first-order valence-electron chi connectivity index (χ1n) is 27.7. The SMILES string of the molecule is [Pt+2].[Pt+2].[Pt+2].[c-]1ccccc1-c1cccc(CCCCc2cccc(-c3[c-]cccc3)n2)n1.[c-]1ccccc1-c1cccc(CCCc2cccc(-c3[c-]cccc3)n2)n1.[c-]1ccccc1-c1cccc(CCc2cccc(-c3[c-]cccc3)n2)n1. The standard InChI is InChI=1S/C26H22N2.C25H20N2.C24H18N2.3Pt/c1-3-11-21(12-4-1)25-19-9-17-23(27-25)15-7-8-16-24-18-10-20-26(28-24)22-13-5-2-6-14-22;1-3-10-20(11-4-1)24-18-8-16-22(26-24)14-7-15-23-17-9-19-25(27-23)21-12-5-2-6-13-21;1-3-9-19(10-4-1)23-15-7-13-21(25-23)17-18-22-14-8-16-24(26-22)20-11-5-2-6-12-20;;;/h1-6,9-11,13,17-20H,7-8,15-16H2;1-6,8-10,12,16-19H,7,14-15H2;1-9,11,13-16H,17-18H2;;;/q3*-2;3*+2. The summed E-state index contributed by atoms with van der Waals surface area (Å²) in [7, 11) is 0. The monoisotopic (exact) mass is 1630 g/mol. The first-order valence-corrected chi connectivity index (χ1v) is 27.7. The average Bonchev–Trinajstić information content (AvgIpc) is 3.62. The molecule has 0 amide bonds. The van der Waals surface area contributed by atoms with Gasteiger partial charge in [0.1, 0.15) is 0 Å². The zero-order valence-corrected chi connectivity index (χ0v) is 53.1. The molecule has 9 heteroatoms. The molecule has 12 rings (SSSR count). The molecule has 84 heavy (non-hydrogen) atoms. The van der Waals surface area contributed by atoms with Crippen molar-refractivity contribution >= 4 is 0 Å². The van der Waals surface area contributed by atoms with Crippen LogP contribution in [0.5, 0.6) is 0 Å². The van der Waals surface area contributed by atoms with Crippen LogP contribution < -0.4 is 0 Å². The summed E-state index contributed by atoms with van der Waals surface area (Å²) >= 11 is 0. The van der Waals surface area contributed by atoms with Crippen molar-refractivity contribution in [3.05, 3.63) is 325 Å². The molecule has 0 unspecified atom stereocenters. The van der Waals surface area contributed by atoms with E-state index in [0.29, 0.717) is 0 Å². The molecule has 0 atom stereocenters. The van der Waals surface area contributed by atoms with Crippen molar-refractivity contribution in [1.82, 2.24) is 29.9 Å². The third kappa shape index (κ3) is 19.7. The van der Waals surface area contributed by atoms with Gasteiger partial charge in [-0.2, -0.15) is 0 Å². The van der Waals surface area contributed by atoms with Gasteiger partial charge >= 0.3 is 63.2 Å². The van der Waals surface area contributed by atoms with Gasteiger partial charge in [-0.1, -0.05) is 72.8 Å². The average molecular weight is 1630 g/mol. The summed E-state index contributed by atoms with van der Waals surface area (Å²) < 4.78 is 0. The van der Waals surface area contributed by atoms with Crippen molar-refractivity contribution in [2.45, 2.75) is 57.8 Å². The quantitative estimate of drug-likeness (QED) is 0.0629. The summed E-state index contributed by atoms with van der Waals surface area (Å²) in [5.74, 6) is 0. The van der Waals surface area contributed by atoms with Crippen molar-refractivity contribution in [3.8, 4) is 67.5 Å². The molecule has 0 saturated carbocycles. The van der Waals surface area contributed by atoms with Gasteiger partial charge < -0.3 is 29.9 Å². The summed E-state index contributed by atoms with van der Waals surface area (Å²) in [6, 6.07) is 104. The Morgan fingerprint density at radius 1 is 0.190 bits per heavy atom. The Balaban J connectivity index is 0.000000178. The normalized spacial score (nSPS) is 10.3. The molecule has 6 heterocycles. The maximum atomic E-state index is 4.79. The molecule has 0 spiro atoms. The fourth-order valence-electron chi connectivity index (χ4n) is 9.25. The molecule has 0 fully saturated rings. The molecule has 6 aromatic carbocycles. The second kappa shape index (κ2) is 34.8. The van der Waals surface area contributed by atoms with Crippen LogP contribution in [0.4, 0.5) is 0 Å². The number of aromatic nitrogens is 6. The van der Waals surface area contributed by atoms with Crippen LogP contribution in [0.3, 0.4) is 0 Å². The first-order chi connectivity index (χ1) is 40.1. The minimum Gasteiger partial charge on any atom is -0.301 e. The largest absolute Gasteiger partial charge is 2.00 e. The van der Waals surface area contributed by atoms with E-state index in [-0.39, 0.29) is 63.2 Å². The fourth-order valence-corrected chi connectivity index (χ4v) is 9.25. The molecule has 0 radical (unpaired) electrons. The van der Waals surface area contributed by atoms with E-state index in [1.165, 1.54) is 0 Å². The van der Waals surface area contributed by atoms with E-state index in [2.05, 4.69) is 121 Å². The van der Waals surface area contributed by atoms with Gasteiger partial charge in [-0.25, -0.2) is 0 Å². The molecule has 0 aliphatic rings. The maximum absolute atomic E-state index is 4.79. The van der Waals surface area contributed by atoms with Crippen LogP contribution in [0.2, 0.25) is 0 Å². The molecule has 6 nitrogen and oxygen atoms in total. The number of aryl methyl sites for hydroxylation is 6. The third-order valence-electron chi connectivity index (χ3n) is 13.4. The first kappa shape index (κ1) is 63.9. The van der Waals surface area contributed by atoms with Crippen molar-refractivity contribution in [3.63, 3.8) is 0 Å². The Hall–Kier alpha value is -7.72. The second-order valence-corrected chi connectivity index (χ2v) is 19.3. The zero-order chi connectivity index (χ0) is 54.9. The summed E-state index contributed by atoms with van der Waals surface area (Å²) in [4.78, 5) is 28.7. The van der Waals surface area contributed by atoms with Crippen LogP contribution in [0.25, 0.3) is 67.5 Å². The van der Waals surface area contributed by atoms with Gasteiger partial charge in [0.2, 0.25) is 0 Å². The molecule has 0 bridgehead atoms. The Morgan fingerprint density at radius 2 is 0.381 bits per heavy atom. The van der Waals surface area contributed by atoms with Gasteiger partial charge in [0.05, 0.1) is 0 Å². The van der Waals surface area contributed by atoms with Crippen molar-refractivity contribution in [1.29, 1.82) is 0 Å². The summed E-state index contributed by atoms with van der Waals surface area (Å²) in [5.41, 5.74) is 18.7. The molecule has 12 aromatic rings. The van der Waals surface area contributed by atoms with Crippen LogP contribution >= 0.6 is 0 Å². The van der Waals surface area contributed by atoms with E-state index in [0.717, 1.165) is 159 Å². The maximum Gasteiger partial charge on any atom is 2.00 e. The third-order valence-corrected chi connectivity index (χ3v) is 13.4. The molecule has 6 aromatic heterocycles. The summed E-state index contributed by atoms with van der Waals surface area (Å²) in [6.45, 7) is 0. The van der Waals surface area contributed by atoms with E-state index in [1.807, 2.05) is 170 Å². The summed E-state index contributed by atoms with van der Waals surface area (Å²) in [5, 5.41) is 0. The predicted molar refractivity (Wildman–Crippen MR) is 327 cm³/mol. The van der Waals surface area contributed by atoms with E-state index in [4.69, 9.17) is 29.9 Å². The number of nitrogens with zero attached hydrogens (tertiary/aromatic N) is 6. The van der Waals surface area contributed by atoms with Gasteiger partial charge in [-0.05, 0) is 128 Å². The molecule has 0 N–H and O–H groups in total. The fraction of sp³-hybridized carbons (Fsp3) is 0.120. The van der Waals surface area contributed by atoms with Crippen molar-refractivity contribution in [2.75, 3.05) is 0 Å².